The highest BCUT2D eigenvalue weighted by Crippen LogP contribution is 2.53. The van der Waals surface area contributed by atoms with E-state index in [4.69, 9.17) is 0 Å². The Bertz CT molecular complexity index is 984. The molecule has 2 aromatic rings. The van der Waals surface area contributed by atoms with E-state index in [-0.39, 0.29) is 41.4 Å². The smallest absolute Gasteiger partial charge is 0.238 e. The molecule has 2 fully saturated rings. The Balaban J connectivity index is 1.28. The maximum Gasteiger partial charge on any atom is 0.238 e. The summed E-state index contributed by atoms with van der Waals surface area (Å²) in [4.78, 5) is 39.6. The molecule has 2 aromatic carbocycles. The van der Waals surface area contributed by atoms with Crippen LogP contribution in [0.4, 0.5) is 11.4 Å². The number of fused-ring (bicyclic) bond motifs is 5. The molecular weight excluding hydrogens is 364 g/mol. The van der Waals surface area contributed by atoms with Gasteiger partial charge in [-0.25, -0.2) is 4.90 Å². The second kappa shape index (κ2) is 6.99. The molecule has 3 amide bonds. The van der Waals surface area contributed by atoms with E-state index in [0.29, 0.717) is 24.2 Å². The zero-order valence-corrected chi connectivity index (χ0v) is 16.0. The van der Waals surface area contributed by atoms with Gasteiger partial charge >= 0.3 is 0 Å². The predicted octanol–water partition coefficient (Wildman–Crippen LogP) is 3.57. The molecule has 5 rings (SSSR count). The van der Waals surface area contributed by atoms with Crippen LogP contribution in [-0.2, 0) is 20.8 Å². The monoisotopic (exact) mass is 386 g/mol. The Morgan fingerprint density at radius 2 is 1.62 bits per heavy atom. The number of nitrogens with zero attached hydrogens (tertiary/aromatic N) is 1. The lowest BCUT2D eigenvalue weighted by Gasteiger charge is -2.18. The zero-order chi connectivity index (χ0) is 20.0. The second-order valence-electron chi connectivity index (χ2n) is 8.10. The van der Waals surface area contributed by atoms with E-state index < -0.39 is 0 Å². The molecule has 1 saturated carbocycles. The largest absolute Gasteiger partial charge is 0.326 e. The molecule has 1 N–H and O–H groups in total. The molecular formula is C24H22N2O3. The minimum atomic E-state index is -0.221. The molecule has 0 spiro atoms. The fourth-order valence-electron chi connectivity index (χ4n) is 5.01. The molecule has 0 radical (unpaired) electrons. The van der Waals surface area contributed by atoms with Gasteiger partial charge in [-0.3, -0.25) is 14.4 Å². The summed E-state index contributed by atoms with van der Waals surface area (Å²) in [5.74, 6) is -0.374. The van der Waals surface area contributed by atoms with E-state index in [1.807, 2.05) is 30.3 Å². The van der Waals surface area contributed by atoms with Gasteiger partial charge in [0.05, 0.1) is 17.5 Å². The summed E-state index contributed by atoms with van der Waals surface area (Å²) in [6, 6.07) is 16.9. The first-order valence-corrected chi connectivity index (χ1v) is 10.1. The van der Waals surface area contributed by atoms with E-state index in [0.717, 1.165) is 12.0 Å². The zero-order valence-electron chi connectivity index (χ0n) is 16.0. The Labute approximate surface area is 169 Å². The lowest BCUT2D eigenvalue weighted by Crippen LogP contribution is -2.32. The van der Waals surface area contributed by atoms with Crippen molar-refractivity contribution in [2.75, 3.05) is 10.2 Å². The van der Waals surface area contributed by atoms with Crippen molar-refractivity contribution in [3.8, 4) is 0 Å². The van der Waals surface area contributed by atoms with Gasteiger partial charge in [0.1, 0.15) is 0 Å². The third-order valence-corrected chi connectivity index (χ3v) is 6.34. The summed E-state index contributed by atoms with van der Waals surface area (Å²) < 4.78 is 0. The third-order valence-electron chi connectivity index (χ3n) is 6.34. The molecule has 1 aliphatic heterocycles. The first-order chi connectivity index (χ1) is 14.1. The minimum absolute atomic E-state index is 0.0933. The van der Waals surface area contributed by atoms with Crippen molar-refractivity contribution in [1.29, 1.82) is 0 Å². The number of aryl methyl sites for hydroxylation is 1. The molecule has 3 aliphatic rings. The van der Waals surface area contributed by atoms with Gasteiger partial charge in [-0.2, -0.15) is 0 Å². The first-order valence-electron chi connectivity index (χ1n) is 10.1. The second-order valence-corrected chi connectivity index (χ2v) is 8.10. The highest BCUT2D eigenvalue weighted by Gasteiger charge is 2.59. The lowest BCUT2D eigenvalue weighted by atomic mass is 9.85. The Morgan fingerprint density at radius 1 is 0.931 bits per heavy atom. The van der Waals surface area contributed by atoms with Crippen LogP contribution in [-0.4, -0.2) is 17.7 Å². The number of rotatable bonds is 5. The summed E-state index contributed by atoms with van der Waals surface area (Å²) in [5, 5.41) is 2.89. The fourth-order valence-corrected chi connectivity index (χ4v) is 5.01. The third kappa shape index (κ3) is 3.07. The summed E-state index contributed by atoms with van der Waals surface area (Å²) >= 11 is 0. The van der Waals surface area contributed by atoms with Crippen LogP contribution in [0.1, 0.15) is 18.4 Å². The quantitative estimate of drug-likeness (QED) is 0.631. The standard InChI is InChI=1S/C24H22N2O3/c27-20(12-9-15-5-2-1-3-6-15)25-18-7-4-8-19(14-18)26-23(28)21-16-10-11-17(13-16)22(21)24(26)29/h1-8,10-11,14,16-17,21-22H,9,12-13H2,(H,25,27)/t16-,17-,21-,22+/m1/s1. The summed E-state index contributed by atoms with van der Waals surface area (Å²) in [7, 11) is 0. The molecule has 5 heteroatoms. The number of amides is 3. The molecule has 0 unspecified atom stereocenters. The minimum Gasteiger partial charge on any atom is -0.326 e. The molecule has 5 nitrogen and oxygen atoms in total. The van der Waals surface area contributed by atoms with Crippen molar-refractivity contribution < 1.29 is 14.4 Å². The summed E-state index contributed by atoms with van der Waals surface area (Å²) in [5.41, 5.74) is 2.24. The van der Waals surface area contributed by atoms with Crippen molar-refractivity contribution in [1.82, 2.24) is 0 Å². The molecule has 146 valence electrons. The summed E-state index contributed by atoms with van der Waals surface area (Å²) in [6.45, 7) is 0. The van der Waals surface area contributed by atoms with Crippen LogP contribution in [0.5, 0.6) is 0 Å². The van der Waals surface area contributed by atoms with E-state index >= 15 is 0 Å². The molecule has 1 saturated heterocycles. The Kier molecular flexibility index (Phi) is 4.31. The number of carbonyl (C=O) groups excluding carboxylic acids is 3. The number of nitrogens with one attached hydrogen (secondary N) is 1. The van der Waals surface area contributed by atoms with Gasteiger partial charge in [0.2, 0.25) is 17.7 Å². The van der Waals surface area contributed by atoms with Crippen molar-refractivity contribution in [3.63, 3.8) is 0 Å². The van der Waals surface area contributed by atoms with E-state index in [1.54, 1.807) is 24.3 Å². The number of benzene rings is 2. The number of anilines is 2. The van der Waals surface area contributed by atoms with E-state index in [1.165, 1.54) is 4.90 Å². The molecule has 0 aromatic heterocycles. The van der Waals surface area contributed by atoms with Gasteiger partial charge in [-0.1, -0.05) is 48.6 Å². The van der Waals surface area contributed by atoms with E-state index in [9.17, 15) is 14.4 Å². The molecule has 29 heavy (non-hydrogen) atoms. The normalized spacial score (nSPS) is 26.8. The van der Waals surface area contributed by atoms with Gasteiger partial charge in [0, 0.05) is 12.1 Å². The number of carbonyl (C=O) groups is 3. The van der Waals surface area contributed by atoms with Crippen LogP contribution < -0.4 is 10.2 Å². The van der Waals surface area contributed by atoms with Crippen LogP contribution in [0.2, 0.25) is 0 Å². The van der Waals surface area contributed by atoms with Crippen molar-refractivity contribution in [2.24, 2.45) is 23.7 Å². The Hall–Kier alpha value is -3.21. The lowest BCUT2D eigenvalue weighted by molar-refractivity contribution is -0.123. The SMILES string of the molecule is O=C(CCc1ccccc1)Nc1cccc(N2C(=O)[C@@H]3[C@H](C2=O)[C@@H]2C=C[C@@H]3C2)c1. The number of hydrogen-bond acceptors (Lipinski definition) is 3. The van der Waals surface area contributed by atoms with Gasteiger partial charge in [-0.15, -0.1) is 0 Å². The fraction of sp³-hybridized carbons (Fsp3) is 0.292. The average Bonchev–Trinajstić information content (AvgIpc) is 3.41. The number of hydrogen-bond donors (Lipinski definition) is 1. The van der Waals surface area contributed by atoms with Gasteiger partial charge in [0.15, 0.2) is 0 Å². The molecule has 4 atom stereocenters. The summed E-state index contributed by atoms with van der Waals surface area (Å²) in [6.07, 6.45) is 6.12. The Morgan fingerprint density at radius 3 is 2.31 bits per heavy atom. The maximum absolute atomic E-state index is 13.0. The van der Waals surface area contributed by atoms with Crippen LogP contribution >= 0.6 is 0 Å². The van der Waals surface area contributed by atoms with Crippen molar-refractivity contribution in [3.05, 3.63) is 72.3 Å². The van der Waals surface area contributed by atoms with Crippen LogP contribution in [0.25, 0.3) is 0 Å². The van der Waals surface area contributed by atoms with Crippen LogP contribution in [0.15, 0.2) is 66.7 Å². The number of imide groups is 1. The predicted molar refractivity (Wildman–Crippen MR) is 110 cm³/mol. The molecule has 2 aliphatic carbocycles. The highest BCUT2D eigenvalue weighted by atomic mass is 16.2. The van der Waals surface area contributed by atoms with Gasteiger partial charge in [0.25, 0.3) is 0 Å². The number of allylic oxidation sites excluding steroid dienone is 2. The van der Waals surface area contributed by atoms with Crippen LogP contribution in [0, 0.1) is 23.7 Å². The maximum atomic E-state index is 13.0. The van der Waals surface area contributed by atoms with Crippen LogP contribution in [0.3, 0.4) is 0 Å². The van der Waals surface area contributed by atoms with Gasteiger partial charge < -0.3 is 5.32 Å². The van der Waals surface area contributed by atoms with Gasteiger partial charge in [-0.05, 0) is 48.4 Å². The van der Waals surface area contributed by atoms with E-state index in [2.05, 4.69) is 17.5 Å². The topological polar surface area (TPSA) is 66.5 Å². The average molecular weight is 386 g/mol. The first kappa shape index (κ1) is 17.9. The van der Waals surface area contributed by atoms with Crippen molar-refractivity contribution in [2.45, 2.75) is 19.3 Å². The highest BCUT2D eigenvalue weighted by molar-refractivity contribution is 6.23. The molecule has 1 heterocycles. The molecule has 2 bridgehead atoms. The van der Waals surface area contributed by atoms with Crippen molar-refractivity contribution >= 4 is 29.1 Å².